The number of rotatable bonds is 3. The number of aromatic nitrogens is 2. The molecule has 1 aromatic carbocycles. The molecule has 1 heterocycles. The van der Waals surface area contributed by atoms with Gasteiger partial charge in [-0.15, -0.1) is 0 Å². The normalized spacial score (nSPS) is 10.3. The van der Waals surface area contributed by atoms with Crippen molar-refractivity contribution in [2.75, 3.05) is 0 Å². The highest BCUT2D eigenvalue weighted by Gasteiger charge is 2.11. The first-order valence-electron chi connectivity index (χ1n) is 5.39. The van der Waals surface area contributed by atoms with Crippen molar-refractivity contribution >= 4 is 17.3 Å². The summed E-state index contributed by atoms with van der Waals surface area (Å²) >= 11 is 5.70. The number of hydrogen-bond donors (Lipinski definition) is 0. The first kappa shape index (κ1) is 13.2. The highest BCUT2D eigenvalue weighted by Crippen LogP contribution is 2.28. The molecule has 0 aliphatic heterocycles. The van der Waals surface area contributed by atoms with Crippen molar-refractivity contribution < 1.29 is 9.66 Å². The molecule has 1 aromatic heterocycles. The van der Waals surface area contributed by atoms with Crippen LogP contribution in [0.2, 0.25) is 5.28 Å². The molecular formula is C12H10ClN3O3. The maximum atomic E-state index is 10.6. The molecule has 2 aromatic rings. The topological polar surface area (TPSA) is 78.2 Å². The minimum atomic E-state index is -0.455. The number of ether oxygens (including phenoxy) is 1. The Labute approximate surface area is 114 Å². The van der Waals surface area contributed by atoms with Gasteiger partial charge in [0, 0.05) is 23.9 Å². The highest BCUT2D eigenvalue weighted by molar-refractivity contribution is 6.28. The Balaban J connectivity index is 2.33. The summed E-state index contributed by atoms with van der Waals surface area (Å²) < 4.78 is 5.60. The van der Waals surface area contributed by atoms with Crippen LogP contribution >= 0.6 is 11.6 Å². The summed E-state index contributed by atoms with van der Waals surface area (Å²) in [5, 5.41) is 10.7. The van der Waals surface area contributed by atoms with Crippen molar-refractivity contribution in [3.05, 3.63) is 50.9 Å². The molecular weight excluding hydrogens is 270 g/mol. The second-order valence-corrected chi connectivity index (χ2v) is 4.27. The molecule has 0 aliphatic carbocycles. The summed E-state index contributed by atoms with van der Waals surface area (Å²) in [5.74, 6) is 0.820. The minimum Gasteiger partial charge on any atom is -0.438 e. The molecule has 98 valence electrons. The smallest absolute Gasteiger partial charge is 0.269 e. The van der Waals surface area contributed by atoms with Gasteiger partial charge in [0.05, 0.1) is 4.92 Å². The van der Waals surface area contributed by atoms with E-state index in [0.29, 0.717) is 17.2 Å². The molecule has 6 nitrogen and oxygen atoms in total. The third-order valence-electron chi connectivity index (χ3n) is 2.47. The molecule has 0 saturated heterocycles. The summed E-state index contributed by atoms with van der Waals surface area (Å²) in [6.45, 7) is 3.51. The van der Waals surface area contributed by atoms with E-state index in [9.17, 15) is 10.1 Å². The van der Waals surface area contributed by atoms with Gasteiger partial charge in [-0.3, -0.25) is 10.1 Å². The van der Waals surface area contributed by atoms with E-state index in [1.807, 2.05) is 0 Å². The molecule has 7 heteroatoms. The van der Waals surface area contributed by atoms with E-state index in [1.165, 1.54) is 18.2 Å². The van der Waals surface area contributed by atoms with E-state index in [0.717, 1.165) is 5.56 Å². The zero-order valence-corrected chi connectivity index (χ0v) is 11.0. The van der Waals surface area contributed by atoms with Crippen LogP contribution in [0.4, 0.5) is 5.69 Å². The molecule has 0 spiro atoms. The molecule has 0 amide bonds. The fourth-order valence-electron chi connectivity index (χ4n) is 1.48. The second-order valence-electron chi connectivity index (χ2n) is 3.94. The number of hydrogen-bond acceptors (Lipinski definition) is 5. The van der Waals surface area contributed by atoms with E-state index in [-0.39, 0.29) is 11.0 Å². The van der Waals surface area contributed by atoms with Crippen LogP contribution in [-0.4, -0.2) is 14.9 Å². The summed E-state index contributed by atoms with van der Waals surface area (Å²) in [7, 11) is 0. The lowest BCUT2D eigenvalue weighted by Crippen LogP contribution is -1.96. The predicted octanol–water partition coefficient (Wildman–Crippen LogP) is 3.45. The van der Waals surface area contributed by atoms with E-state index < -0.39 is 4.92 Å². The van der Waals surface area contributed by atoms with Gasteiger partial charge in [-0.05, 0) is 37.1 Å². The predicted molar refractivity (Wildman–Crippen MR) is 69.7 cm³/mol. The zero-order valence-electron chi connectivity index (χ0n) is 10.3. The molecule has 0 radical (unpaired) electrons. The lowest BCUT2D eigenvalue weighted by atomic mass is 10.2. The Bertz CT molecular complexity index is 646. The highest BCUT2D eigenvalue weighted by atomic mass is 35.5. The van der Waals surface area contributed by atoms with Crippen LogP contribution in [0, 0.1) is 24.0 Å². The van der Waals surface area contributed by atoms with Crippen LogP contribution in [0.3, 0.4) is 0 Å². The fraction of sp³-hybridized carbons (Fsp3) is 0.167. The molecule has 0 bridgehead atoms. The quantitative estimate of drug-likeness (QED) is 0.488. The maximum Gasteiger partial charge on any atom is 0.269 e. The Morgan fingerprint density at radius 2 is 2.05 bits per heavy atom. The van der Waals surface area contributed by atoms with Crippen LogP contribution in [0.5, 0.6) is 11.6 Å². The van der Waals surface area contributed by atoms with E-state index >= 15 is 0 Å². The largest absolute Gasteiger partial charge is 0.438 e. The number of halogens is 1. The summed E-state index contributed by atoms with van der Waals surface area (Å²) in [4.78, 5) is 18.0. The summed E-state index contributed by atoms with van der Waals surface area (Å²) in [5.41, 5.74) is 1.38. The minimum absolute atomic E-state index is 0.0160. The monoisotopic (exact) mass is 279 g/mol. The van der Waals surface area contributed by atoms with Gasteiger partial charge in [0.25, 0.3) is 5.69 Å². The van der Waals surface area contributed by atoms with E-state index in [1.54, 1.807) is 20.0 Å². The van der Waals surface area contributed by atoms with Gasteiger partial charge < -0.3 is 4.74 Å². The molecule has 0 saturated carbocycles. The van der Waals surface area contributed by atoms with Crippen LogP contribution in [-0.2, 0) is 0 Å². The lowest BCUT2D eigenvalue weighted by Gasteiger charge is -2.09. The fourth-order valence-corrected chi connectivity index (χ4v) is 1.60. The van der Waals surface area contributed by atoms with Crippen LogP contribution in [0.15, 0.2) is 24.4 Å². The molecule has 0 fully saturated rings. The Morgan fingerprint density at radius 1 is 1.32 bits per heavy atom. The molecule has 0 aliphatic rings. The molecule has 0 unspecified atom stereocenters. The van der Waals surface area contributed by atoms with Gasteiger partial charge >= 0.3 is 0 Å². The van der Waals surface area contributed by atoms with Gasteiger partial charge in [0.1, 0.15) is 5.75 Å². The Kier molecular flexibility index (Phi) is 3.62. The van der Waals surface area contributed by atoms with Crippen molar-refractivity contribution in [1.29, 1.82) is 0 Å². The van der Waals surface area contributed by atoms with Gasteiger partial charge in [-0.1, -0.05) is 0 Å². The molecule has 19 heavy (non-hydrogen) atoms. The van der Waals surface area contributed by atoms with Gasteiger partial charge in [0.2, 0.25) is 11.2 Å². The van der Waals surface area contributed by atoms with E-state index in [4.69, 9.17) is 16.3 Å². The van der Waals surface area contributed by atoms with Gasteiger partial charge in [-0.2, -0.15) is 4.98 Å². The molecule has 0 atom stereocenters. The third kappa shape index (κ3) is 2.97. The summed E-state index contributed by atoms with van der Waals surface area (Å²) in [6, 6.07) is 4.34. The number of non-ortho nitro benzene ring substituents is 1. The number of nitrogens with zero attached hydrogens (tertiary/aromatic N) is 3. The number of nitro benzene ring substituents is 1. The van der Waals surface area contributed by atoms with Gasteiger partial charge in [0.15, 0.2) is 0 Å². The first-order chi connectivity index (χ1) is 8.97. The SMILES string of the molecule is Cc1cc([N+](=O)[O-])ccc1Oc1nc(Cl)ncc1C. The number of aryl methyl sites for hydroxylation is 2. The average Bonchev–Trinajstić information content (AvgIpc) is 2.36. The summed E-state index contributed by atoms with van der Waals surface area (Å²) in [6.07, 6.45) is 1.55. The standard InChI is InChI=1S/C12H10ClN3O3/c1-7-5-9(16(17)18)3-4-10(7)19-11-8(2)6-14-12(13)15-11/h3-6H,1-2H3. The molecule has 2 rings (SSSR count). The van der Waals surface area contributed by atoms with Crippen LogP contribution in [0.25, 0.3) is 0 Å². The van der Waals surface area contributed by atoms with Crippen molar-refractivity contribution in [1.82, 2.24) is 9.97 Å². The Hall–Kier alpha value is -2.21. The third-order valence-corrected chi connectivity index (χ3v) is 2.65. The van der Waals surface area contributed by atoms with Crippen molar-refractivity contribution in [2.24, 2.45) is 0 Å². The van der Waals surface area contributed by atoms with Crippen molar-refractivity contribution in [2.45, 2.75) is 13.8 Å². The lowest BCUT2D eigenvalue weighted by molar-refractivity contribution is -0.384. The van der Waals surface area contributed by atoms with E-state index in [2.05, 4.69) is 9.97 Å². The van der Waals surface area contributed by atoms with Crippen LogP contribution in [0.1, 0.15) is 11.1 Å². The van der Waals surface area contributed by atoms with Crippen molar-refractivity contribution in [3.8, 4) is 11.6 Å². The van der Waals surface area contributed by atoms with Gasteiger partial charge in [-0.25, -0.2) is 4.98 Å². The zero-order chi connectivity index (χ0) is 14.0. The Morgan fingerprint density at radius 3 is 2.68 bits per heavy atom. The second kappa shape index (κ2) is 5.19. The molecule has 0 N–H and O–H groups in total. The number of benzene rings is 1. The number of nitro groups is 1. The van der Waals surface area contributed by atoms with Crippen molar-refractivity contribution in [3.63, 3.8) is 0 Å². The van der Waals surface area contributed by atoms with Crippen LogP contribution < -0.4 is 4.74 Å². The average molecular weight is 280 g/mol. The maximum absolute atomic E-state index is 10.6. The first-order valence-corrected chi connectivity index (χ1v) is 5.77.